The van der Waals surface area contributed by atoms with Crippen molar-refractivity contribution in [1.29, 1.82) is 5.26 Å². The Hall–Kier alpha value is -1.74. The van der Waals surface area contributed by atoms with Crippen LogP contribution in [0, 0.1) is 18.3 Å². The summed E-state index contributed by atoms with van der Waals surface area (Å²) in [6.07, 6.45) is 3.84. The van der Waals surface area contributed by atoms with E-state index in [0.717, 1.165) is 29.7 Å². The van der Waals surface area contributed by atoms with Crippen molar-refractivity contribution in [1.82, 2.24) is 14.6 Å². The van der Waals surface area contributed by atoms with E-state index in [1.165, 1.54) is 11.8 Å². The molecule has 0 aliphatic rings. The molecule has 0 bridgehead atoms. The Labute approximate surface area is 124 Å². The molecule has 2 aromatic heterocycles. The minimum Gasteiger partial charge on any atom is -0.382 e. The van der Waals surface area contributed by atoms with Crippen LogP contribution in [0.25, 0.3) is 5.65 Å². The van der Waals surface area contributed by atoms with Gasteiger partial charge in [0.15, 0.2) is 5.65 Å². The molecule has 0 saturated heterocycles. The number of aryl methyl sites for hydroxylation is 2. The Balaban J connectivity index is 0.000000956. The number of rotatable bonds is 3. The van der Waals surface area contributed by atoms with Gasteiger partial charge >= 0.3 is 0 Å². The summed E-state index contributed by atoms with van der Waals surface area (Å²) in [6, 6.07) is 2.10. The molecule has 0 fully saturated rings. The molecule has 0 atom stereocenters. The van der Waals surface area contributed by atoms with Crippen molar-refractivity contribution in [3.63, 3.8) is 0 Å². The van der Waals surface area contributed by atoms with Gasteiger partial charge in [-0.05, 0) is 19.6 Å². The second kappa shape index (κ2) is 7.15. The predicted molar refractivity (Wildman–Crippen MR) is 84.0 cm³/mol. The van der Waals surface area contributed by atoms with Crippen molar-refractivity contribution in [3.8, 4) is 6.07 Å². The predicted octanol–water partition coefficient (Wildman–Crippen LogP) is 3.19. The monoisotopic (exact) mass is 291 g/mol. The van der Waals surface area contributed by atoms with E-state index in [1.54, 1.807) is 4.52 Å². The fourth-order valence-electron chi connectivity index (χ4n) is 1.99. The molecule has 20 heavy (non-hydrogen) atoms. The van der Waals surface area contributed by atoms with E-state index < -0.39 is 0 Å². The Kier molecular flexibility index (Phi) is 5.83. The Morgan fingerprint density at radius 2 is 2.05 bits per heavy atom. The molecule has 2 rings (SSSR count). The molecule has 2 N–H and O–H groups in total. The lowest BCUT2D eigenvalue weighted by Gasteiger charge is -2.06. The highest BCUT2D eigenvalue weighted by molar-refractivity contribution is 7.98. The lowest BCUT2D eigenvalue weighted by atomic mass is 10.1. The average Bonchev–Trinajstić information content (AvgIpc) is 2.78. The number of hydrogen-bond acceptors (Lipinski definition) is 5. The van der Waals surface area contributed by atoms with Crippen molar-refractivity contribution in [2.45, 2.75) is 45.6 Å². The molecule has 108 valence electrons. The van der Waals surface area contributed by atoms with Crippen molar-refractivity contribution >= 4 is 23.2 Å². The van der Waals surface area contributed by atoms with Gasteiger partial charge in [-0.25, -0.2) is 4.98 Å². The second-order valence-corrected chi connectivity index (χ2v) is 4.84. The highest BCUT2D eigenvalue weighted by Gasteiger charge is 2.17. The van der Waals surface area contributed by atoms with Gasteiger partial charge in [0.2, 0.25) is 0 Å². The number of anilines is 1. The van der Waals surface area contributed by atoms with Crippen LogP contribution in [0.5, 0.6) is 0 Å². The van der Waals surface area contributed by atoms with E-state index in [0.29, 0.717) is 16.4 Å². The minimum absolute atomic E-state index is 0.373. The zero-order chi connectivity index (χ0) is 15.3. The van der Waals surface area contributed by atoms with Gasteiger partial charge in [-0.15, -0.1) is 11.8 Å². The van der Waals surface area contributed by atoms with Crippen LogP contribution in [0.3, 0.4) is 0 Å². The SMILES string of the molecule is CC.CCCc1c(C)nn2c(N)c(C#N)c(SC)nc12. The van der Waals surface area contributed by atoms with Gasteiger partial charge in [-0.2, -0.15) is 14.9 Å². The molecule has 6 heteroatoms. The third-order valence-corrected chi connectivity index (χ3v) is 3.55. The molecule has 0 aliphatic carbocycles. The number of nitrogens with zero attached hydrogens (tertiary/aromatic N) is 4. The number of nitrogen functional groups attached to an aromatic ring is 1. The molecule has 5 nitrogen and oxygen atoms in total. The van der Waals surface area contributed by atoms with Crippen LogP contribution < -0.4 is 5.73 Å². The van der Waals surface area contributed by atoms with Crippen LogP contribution in [0.15, 0.2) is 5.03 Å². The number of nitrogens with two attached hydrogens (primary N) is 1. The Morgan fingerprint density at radius 1 is 1.40 bits per heavy atom. The number of thioether (sulfide) groups is 1. The molecule has 0 saturated carbocycles. The fourth-order valence-corrected chi connectivity index (χ4v) is 2.53. The maximum absolute atomic E-state index is 9.14. The van der Waals surface area contributed by atoms with Crippen molar-refractivity contribution in [3.05, 3.63) is 16.8 Å². The summed E-state index contributed by atoms with van der Waals surface area (Å²) in [5.74, 6) is 0.373. The molecular weight excluding hydrogens is 270 g/mol. The molecule has 2 aromatic rings. The highest BCUT2D eigenvalue weighted by Crippen LogP contribution is 2.26. The Bertz CT molecular complexity index is 639. The molecule has 0 aromatic carbocycles. The quantitative estimate of drug-likeness (QED) is 0.694. The minimum atomic E-state index is 0.373. The average molecular weight is 291 g/mol. The van der Waals surface area contributed by atoms with Crippen molar-refractivity contribution < 1.29 is 0 Å². The zero-order valence-electron chi connectivity index (χ0n) is 12.7. The third-order valence-electron chi connectivity index (χ3n) is 2.87. The topological polar surface area (TPSA) is 80.0 Å². The standard InChI is InChI=1S/C12H15N5S.C2H6/c1-4-5-8-7(2)16-17-10(14)9(6-13)12(18-3)15-11(8)17;1-2/h4-5,14H2,1-3H3;1-2H3. The van der Waals surface area contributed by atoms with Crippen LogP contribution in [0.1, 0.15) is 44.0 Å². The summed E-state index contributed by atoms with van der Waals surface area (Å²) < 4.78 is 1.58. The first-order chi connectivity index (χ1) is 9.63. The first-order valence-electron chi connectivity index (χ1n) is 6.75. The van der Waals surface area contributed by atoms with Gasteiger partial charge in [0.25, 0.3) is 0 Å². The van der Waals surface area contributed by atoms with E-state index in [1.807, 2.05) is 27.0 Å². The van der Waals surface area contributed by atoms with E-state index >= 15 is 0 Å². The molecular formula is C14H21N5S. The van der Waals surface area contributed by atoms with E-state index in [2.05, 4.69) is 23.1 Å². The normalized spacial score (nSPS) is 10.0. The molecule has 0 aliphatic heterocycles. The van der Waals surface area contributed by atoms with Gasteiger partial charge in [-0.1, -0.05) is 27.2 Å². The lowest BCUT2D eigenvalue weighted by Crippen LogP contribution is -2.05. The number of hydrogen-bond donors (Lipinski definition) is 1. The summed E-state index contributed by atoms with van der Waals surface area (Å²) in [5.41, 5.74) is 9.23. The number of aromatic nitrogens is 3. The van der Waals surface area contributed by atoms with Crippen molar-refractivity contribution in [2.24, 2.45) is 0 Å². The summed E-state index contributed by atoms with van der Waals surface area (Å²) >= 11 is 1.43. The molecule has 2 heterocycles. The van der Waals surface area contributed by atoms with Gasteiger partial charge in [0, 0.05) is 5.56 Å². The summed E-state index contributed by atoms with van der Waals surface area (Å²) in [5, 5.41) is 14.2. The van der Waals surface area contributed by atoms with Crippen LogP contribution in [-0.4, -0.2) is 20.9 Å². The molecule has 0 radical (unpaired) electrons. The molecule has 0 spiro atoms. The van der Waals surface area contributed by atoms with E-state index in [-0.39, 0.29) is 0 Å². The summed E-state index contributed by atoms with van der Waals surface area (Å²) in [7, 11) is 0. The highest BCUT2D eigenvalue weighted by atomic mass is 32.2. The third kappa shape index (κ3) is 2.73. The molecule has 0 amide bonds. The van der Waals surface area contributed by atoms with Gasteiger partial charge in [-0.3, -0.25) is 0 Å². The van der Waals surface area contributed by atoms with Gasteiger partial charge in [0.1, 0.15) is 22.5 Å². The number of fused-ring (bicyclic) bond motifs is 1. The zero-order valence-corrected chi connectivity index (χ0v) is 13.5. The van der Waals surface area contributed by atoms with Crippen LogP contribution >= 0.6 is 11.8 Å². The fraction of sp³-hybridized carbons (Fsp3) is 0.500. The second-order valence-electron chi connectivity index (χ2n) is 4.04. The van der Waals surface area contributed by atoms with Crippen LogP contribution in [0.2, 0.25) is 0 Å². The maximum atomic E-state index is 9.14. The summed E-state index contributed by atoms with van der Waals surface area (Å²) in [6.45, 7) is 8.06. The van der Waals surface area contributed by atoms with Crippen molar-refractivity contribution in [2.75, 3.05) is 12.0 Å². The summed E-state index contributed by atoms with van der Waals surface area (Å²) in [4.78, 5) is 4.53. The first-order valence-corrected chi connectivity index (χ1v) is 7.98. The van der Waals surface area contributed by atoms with Crippen LogP contribution in [-0.2, 0) is 6.42 Å². The largest absolute Gasteiger partial charge is 0.382 e. The Morgan fingerprint density at radius 3 is 2.55 bits per heavy atom. The van der Waals surface area contributed by atoms with Gasteiger partial charge in [0.05, 0.1) is 5.69 Å². The number of nitriles is 1. The van der Waals surface area contributed by atoms with E-state index in [9.17, 15) is 0 Å². The lowest BCUT2D eigenvalue weighted by molar-refractivity contribution is 0.904. The first kappa shape index (κ1) is 16.3. The van der Waals surface area contributed by atoms with Gasteiger partial charge < -0.3 is 5.73 Å². The smallest absolute Gasteiger partial charge is 0.162 e. The maximum Gasteiger partial charge on any atom is 0.162 e. The van der Waals surface area contributed by atoms with Crippen LogP contribution in [0.4, 0.5) is 5.82 Å². The molecule has 0 unspecified atom stereocenters. The van der Waals surface area contributed by atoms with E-state index in [4.69, 9.17) is 11.0 Å².